The van der Waals surface area contributed by atoms with E-state index in [9.17, 15) is 4.79 Å². The van der Waals surface area contributed by atoms with Gasteiger partial charge in [0.25, 0.3) is 0 Å². The molecule has 1 aromatic heterocycles. The molecule has 2 saturated heterocycles. The standard InChI is InChI=1S/C25H33N5O/c1-18-22-11-12-23(31)28(2)25(22)27-24(26-18)20-6-5-13-29(17-20)16-19-7-9-21(10-8-19)30-14-3-4-15-30/h7-10,20H,3-6,11-17H2,1-2H3. The zero-order valence-corrected chi connectivity index (χ0v) is 18.8. The van der Waals surface area contributed by atoms with Crippen LogP contribution in [-0.4, -0.2) is 54.0 Å². The van der Waals surface area contributed by atoms with E-state index in [1.165, 1.54) is 37.2 Å². The third-order valence-corrected chi connectivity index (χ3v) is 7.17. The molecule has 3 aliphatic heterocycles. The number of carbonyl (C=O) groups excluding carboxylic acids is 1. The number of amides is 1. The van der Waals surface area contributed by atoms with Crippen LogP contribution < -0.4 is 9.80 Å². The Labute approximate surface area is 185 Å². The molecule has 2 aromatic rings. The molecule has 1 amide bonds. The number of rotatable bonds is 4. The molecule has 0 spiro atoms. The number of benzene rings is 1. The van der Waals surface area contributed by atoms with E-state index in [1.807, 2.05) is 7.05 Å². The lowest BCUT2D eigenvalue weighted by Gasteiger charge is -2.33. The molecule has 0 radical (unpaired) electrons. The Kier molecular flexibility index (Phi) is 5.65. The molecule has 0 bridgehead atoms. The number of aromatic nitrogens is 2. The van der Waals surface area contributed by atoms with Gasteiger partial charge in [-0.1, -0.05) is 12.1 Å². The van der Waals surface area contributed by atoms with Crippen molar-refractivity contribution >= 4 is 17.4 Å². The Morgan fingerprint density at radius 2 is 1.77 bits per heavy atom. The van der Waals surface area contributed by atoms with Crippen LogP contribution in [0.4, 0.5) is 11.5 Å². The molecular formula is C25H33N5O. The summed E-state index contributed by atoms with van der Waals surface area (Å²) in [6.45, 7) is 7.51. The smallest absolute Gasteiger partial charge is 0.228 e. The second kappa shape index (κ2) is 8.58. The number of nitrogens with zero attached hydrogens (tertiary/aromatic N) is 5. The van der Waals surface area contributed by atoms with Crippen molar-refractivity contribution in [3.8, 4) is 0 Å². The van der Waals surface area contributed by atoms with Crippen LogP contribution in [0, 0.1) is 6.92 Å². The fourth-order valence-corrected chi connectivity index (χ4v) is 5.33. The molecule has 5 rings (SSSR count). The number of fused-ring (bicyclic) bond motifs is 1. The number of carbonyl (C=O) groups is 1. The van der Waals surface area contributed by atoms with Crippen molar-refractivity contribution in [2.24, 2.45) is 0 Å². The van der Waals surface area contributed by atoms with Crippen LogP contribution in [0.1, 0.15) is 60.7 Å². The van der Waals surface area contributed by atoms with Gasteiger partial charge < -0.3 is 4.90 Å². The molecule has 1 atom stereocenters. The molecular weight excluding hydrogens is 386 g/mol. The molecule has 0 saturated carbocycles. The minimum atomic E-state index is 0.152. The van der Waals surface area contributed by atoms with Gasteiger partial charge in [-0.3, -0.25) is 14.6 Å². The zero-order valence-electron chi connectivity index (χ0n) is 18.8. The van der Waals surface area contributed by atoms with E-state index in [4.69, 9.17) is 9.97 Å². The Morgan fingerprint density at radius 3 is 2.55 bits per heavy atom. The van der Waals surface area contributed by atoms with Gasteiger partial charge in [0.1, 0.15) is 11.6 Å². The Bertz CT molecular complexity index is 951. The zero-order chi connectivity index (χ0) is 21.4. The summed E-state index contributed by atoms with van der Waals surface area (Å²) in [5, 5.41) is 0. The third kappa shape index (κ3) is 4.18. The average molecular weight is 420 g/mol. The Morgan fingerprint density at radius 1 is 1.00 bits per heavy atom. The van der Waals surface area contributed by atoms with Gasteiger partial charge in [-0.25, -0.2) is 9.97 Å². The highest BCUT2D eigenvalue weighted by molar-refractivity contribution is 5.94. The second-order valence-corrected chi connectivity index (χ2v) is 9.36. The Balaban J connectivity index is 1.28. The molecule has 31 heavy (non-hydrogen) atoms. The molecule has 1 aromatic carbocycles. The monoisotopic (exact) mass is 419 g/mol. The summed E-state index contributed by atoms with van der Waals surface area (Å²) in [6.07, 6.45) is 6.21. The Hall–Kier alpha value is -2.47. The largest absolute Gasteiger partial charge is 0.372 e. The first-order valence-electron chi connectivity index (χ1n) is 11.8. The van der Waals surface area contributed by atoms with Crippen molar-refractivity contribution in [3.05, 3.63) is 46.9 Å². The van der Waals surface area contributed by atoms with Crippen LogP contribution in [0.2, 0.25) is 0 Å². The average Bonchev–Trinajstić information content (AvgIpc) is 3.32. The van der Waals surface area contributed by atoms with Crippen LogP contribution in [0.15, 0.2) is 24.3 Å². The van der Waals surface area contributed by atoms with Crippen molar-refractivity contribution in [2.75, 3.05) is 43.0 Å². The predicted octanol–water partition coefficient (Wildman–Crippen LogP) is 3.67. The summed E-state index contributed by atoms with van der Waals surface area (Å²) in [5.41, 5.74) is 4.90. The van der Waals surface area contributed by atoms with Crippen LogP contribution in [-0.2, 0) is 17.8 Å². The fourth-order valence-electron chi connectivity index (χ4n) is 5.33. The number of hydrogen-bond acceptors (Lipinski definition) is 5. The fraction of sp³-hybridized carbons (Fsp3) is 0.560. The lowest BCUT2D eigenvalue weighted by atomic mass is 9.95. The minimum Gasteiger partial charge on any atom is -0.372 e. The molecule has 0 aliphatic carbocycles. The third-order valence-electron chi connectivity index (χ3n) is 7.17. The van der Waals surface area contributed by atoms with Crippen molar-refractivity contribution < 1.29 is 4.79 Å². The maximum atomic E-state index is 12.2. The van der Waals surface area contributed by atoms with Crippen molar-refractivity contribution in [2.45, 2.75) is 57.9 Å². The quantitative estimate of drug-likeness (QED) is 0.757. The normalized spacial score (nSPS) is 22.1. The van der Waals surface area contributed by atoms with Crippen LogP contribution in [0.5, 0.6) is 0 Å². The summed E-state index contributed by atoms with van der Waals surface area (Å²) >= 11 is 0. The maximum absolute atomic E-state index is 12.2. The highest BCUT2D eigenvalue weighted by atomic mass is 16.2. The molecule has 1 unspecified atom stereocenters. The van der Waals surface area contributed by atoms with E-state index in [-0.39, 0.29) is 5.91 Å². The van der Waals surface area contributed by atoms with Gasteiger partial charge in [0.2, 0.25) is 5.91 Å². The minimum absolute atomic E-state index is 0.152. The molecule has 0 N–H and O–H groups in total. The summed E-state index contributed by atoms with van der Waals surface area (Å²) in [5.74, 6) is 2.21. The molecule has 164 valence electrons. The van der Waals surface area contributed by atoms with Crippen molar-refractivity contribution in [1.29, 1.82) is 0 Å². The second-order valence-electron chi connectivity index (χ2n) is 9.36. The van der Waals surface area contributed by atoms with Gasteiger partial charge in [0, 0.05) is 62.5 Å². The van der Waals surface area contributed by atoms with E-state index < -0.39 is 0 Å². The maximum Gasteiger partial charge on any atom is 0.228 e. The van der Waals surface area contributed by atoms with Gasteiger partial charge in [-0.05, 0) is 63.3 Å². The van der Waals surface area contributed by atoms with Gasteiger partial charge in [-0.15, -0.1) is 0 Å². The molecule has 6 nitrogen and oxygen atoms in total. The predicted molar refractivity (Wildman–Crippen MR) is 124 cm³/mol. The molecule has 6 heteroatoms. The molecule has 2 fully saturated rings. The van der Waals surface area contributed by atoms with Gasteiger partial charge in [-0.2, -0.15) is 0 Å². The van der Waals surface area contributed by atoms with E-state index in [0.29, 0.717) is 12.3 Å². The van der Waals surface area contributed by atoms with E-state index >= 15 is 0 Å². The van der Waals surface area contributed by atoms with Crippen LogP contribution in [0.3, 0.4) is 0 Å². The number of piperidine rings is 1. The lowest BCUT2D eigenvalue weighted by molar-refractivity contribution is -0.118. The topological polar surface area (TPSA) is 52.6 Å². The number of aryl methyl sites for hydroxylation is 1. The highest BCUT2D eigenvalue weighted by Gasteiger charge is 2.29. The summed E-state index contributed by atoms with van der Waals surface area (Å²) in [6, 6.07) is 9.14. The highest BCUT2D eigenvalue weighted by Crippen LogP contribution is 2.32. The van der Waals surface area contributed by atoms with Gasteiger partial charge >= 0.3 is 0 Å². The lowest BCUT2D eigenvalue weighted by Crippen LogP contribution is -2.36. The van der Waals surface area contributed by atoms with E-state index in [0.717, 1.165) is 61.8 Å². The summed E-state index contributed by atoms with van der Waals surface area (Å²) in [4.78, 5) is 28.7. The number of likely N-dealkylation sites (tertiary alicyclic amines) is 1. The van der Waals surface area contributed by atoms with E-state index in [1.54, 1.807) is 4.90 Å². The van der Waals surface area contributed by atoms with Gasteiger partial charge in [0.05, 0.1) is 0 Å². The van der Waals surface area contributed by atoms with Crippen LogP contribution >= 0.6 is 0 Å². The molecule has 3 aliphatic rings. The summed E-state index contributed by atoms with van der Waals surface area (Å²) < 4.78 is 0. The number of anilines is 2. The van der Waals surface area contributed by atoms with Gasteiger partial charge in [0.15, 0.2) is 0 Å². The first-order chi connectivity index (χ1) is 15.1. The first kappa shape index (κ1) is 20.4. The number of hydrogen-bond donors (Lipinski definition) is 0. The van der Waals surface area contributed by atoms with Crippen molar-refractivity contribution in [1.82, 2.24) is 14.9 Å². The molecule has 4 heterocycles. The van der Waals surface area contributed by atoms with Crippen molar-refractivity contribution in [3.63, 3.8) is 0 Å². The summed E-state index contributed by atoms with van der Waals surface area (Å²) in [7, 11) is 1.84. The SMILES string of the molecule is Cc1nc(C2CCCN(Cc3ccc(N4CCCC4)cc3)C2)nc2c1CCC(=O)N2C. The van der Waals surface area contributed by atoms with Crippen LogP contribution in [0.25, 0.3) is 0 Å². The first-order valence-corrected chi connectivity index (χ1v) is 11.8. The van der Waals surface area contributed by atoms with E-state index in [2.05, 4.69) is 41.0 Å².